The summed E-state index contributed by atoms with van der Waals surface area (Å²) >= 11 is 1.45. The van der Waals surface area contributed by atoms with Crippen molar-refractivity contribution in [1.29, 1.82) is 0 Å². The fourth-order valence-corrected chi connectivity index (χ4v) is 3.33. The molecule has 0 aliphatic carbocycles. The maximum absolute atomic E-state index is 11.4. The Morgan fingerprint density at radius 2 is 1.83 bits per heavy atom. The summed E-state index contributed by atoms with van der Waals surface area (Å²) in [6.45, 7) is 4.06. The van der Waals surface area contributed by atoms with Crippen molar-refractivity contribution in [3.05, 3.63) is 48.8 Å². The van der Waals surface area contributed by atoms with Gasteiger partial charge < -0.3 is 10.1 Å². The molecule has 2 aromatic heterocycles. The Morgan fingerprint density at radius 1 is 1.12 bits per heavy atom. The van der Waals surface area contributed by atoms with E-state index in [1.807, 2.05) is 43.3 Å². The topological polar surface area (TPSA) is 64.1 Å². The quantitative estimate of drug-likeness (QED) is 0.755. The number of amides is 1. The number of carbonyl (C=O) groups excluding carboxylic acids is 1. The number of nitrogens with zero attached hydrogens (tertiary/aromatic N) is 2. The lowest BCUT2D eigenvalue weighted by Gasteiger charge is -2.05. The number of hydrogen-bond acceptors (Lipinski definition) is 5. The van der Waals surface area contributed by atoms with Crippen molar-refractivity contribution in [2.75, 3.05) is 11.9 Å². The molecule has 0 aliphatic heterocycles. The van der Waals surface area contributed by atoms with Gasteiger partial charge in [0.2, 0.25) is 5.91 Å². The molecule has 1 aromatic carbocycles. The van der Waals surface area contributed by atoms with Crippen LogP contribution in [0.5, 0.6) is 5.75 Å². The number of pyridine rings is 1. The van der Waals surface area contributed by atoms with Crippen LogP contribution in [0.2, 0.25) is 0 Å². The van der Waals surface area contributed by atoms with E-state index in [0.717, 1.165) is 27.4 Å². The molecule has 1 amide bonds. The van der Waals surface area contributed by atoms with Crippen molar-refractivity contribution >= 4 is 22.4 Å². The summed E-state index contributed by atoms with van der Waals surface area (Å²) in [4.78, 5) is 21.0. The van der Waals surface area contributed by atoms with Crippen LogP contribution in [0.1, 0.15) is 13.8 Å². The number of carbonyl (C=O) groups is 1. The molecule has 3 rings (SSSR count). The Balaban J connectivity index is 2.04. The number of benzene rings is 1. The highest BCUT2D eigenvalue weighted by Gasteiger charge is 2.15. The molecule has 0 atom stereocenters. The molecule has 0 spiro atoms. The summed E-state index contributed by atoms with van der Waals surface area (Å²) in [6.07, 6.45) is 3.49. The summed E-state index contributed by atoms with van der Waals surface area (Å²) in [5.41, 5.74) is 2.82. The van der Waals surface area contributed by atoms with E-state index >= 15 is 0 Å². The Bertz CT molecular complexity index is 829. The molecule has 5 nitrogen and oxygen atoms in total. The zero-order chi connectivity index (χ0) is 16.9. The highest BCUT2D eigenvalue weighted by atomic mass is 32.1. The minimum Gasteiger partial charge on any atom is -0.494 e. The van der Waals surface area contributed by atoms with E-state index in [-0.39, 0.29) is 5.91 Å². The molecule has 3 aromatic rings. The number of aromatic nitrogens is 2. The summed E-state index contributed by atoms with van der Waals surface area (Å²) < 4.78 is 5.49. The molecule has 24 heavy (non-hydrogen) atoms. The van der Waals surface area contributed by atoms with Crippen molar-refractivity contribution in [2.24, 2.45) is 0 Å². The van der Waals surface area contributed by atoms with Gasteiger partial charge in [0.05, 0.1) is 17.2 Å². The summed E-state index contributed by atoms with van der Waals surface area (Å²) in [7, 11) is 0. The standard InChI is InChI=1S/C18H17N3O2S/c1-3-23-15-6-4-13(5-7-15)16-17(14-8-10-19-11-9-14)24-18(21-16)20-12(2)22/h4-11H,3H2,1-2H3,(H,20,21,22). The Hall–Kier alpha value is -2.73. The van der Waals surface area contributed by atoms with Crippen LogP contribution in [-0.2, 0) is 4.79 Å². The van der Waals surface area contributed by atoms with Crippen molar-refractivity contribution in [3.63, 3.8) is 0 Å². The Kier molecular flexibility index (Phi) is 4.86. The van der Waals surface area contributed by atoms with Crippen LogP contribution in [0.4, 0.5) is 5.13 Å². The van der Waals surface area contributed by atoms with Gasteiger partial charge in [-0.1, -0.05) is 11.3 Å². The molecule has 0 aliphatic rings. The first-order valence-corrected chi connectivity index (χ1v) is 8.41. The number of thiazole rings is 1. The fraction of sp³-hybridized carbons (Fsp3) is 0.167. The highest BCUT2D eigenvalue weighted by Crippen LogP contribution is 2.39. The van der Waals surface area contributed by atoms with Crippen LogP contribution in [0, 0.1) is 0 Å². The van der Waals surface area contributed by atoms with Gasteiger partial charge in [-0.25, -0.2) is 4.98 Å². The van der Waals surface area contributed by atoms with E-state index in [4.69, 9.17) is 4.74 Å². The van der Waals surface area contributed by atoms with Crippen LogP contribution >= 0.6 is 11.3 Å². The molecule has 0 radical (unpaired) electrons. The van der Waals surface area contributed by atoms with Gasteiger partial charge in [-0.2, -0.15) is 0 Å². The minimum atomic E-state index is -0.136. The van der Waals surface area contributed by atoms with Gasteiger partial charge in [0.1, 0.15) is 5.75 Å². The lowest BCUT2D eigenvalue weighted by molar-refractivity contribution is -0.114. The molecular weight excluding hydrogens is 322 g/mol. The van der Waals surface area contributed by atoms with Crippen LogP contribution in [-0.4, -0.2) is 22.5 Å². The monoisotopic (exact) mass is 339 g/mol. The number of anilines is 1. The maximum Gasteiger partial charge on any atom is 0.223 e. The Labute approximate surface area is 144 Å². The van der Waals surface area contributed by atoms with E-state index in [1.54, 1.807) is 12.4 Å². The van der Waals surface area contributed by atoms with Crippen LogP contribution in [0.3, 0.4) is 0 Å². The van der Waals surface area contributed by atoms with Crippen LogP contribution in [0.25, 0.3) is 21.7 Å². The second-order valence-electron chi connectivity index (χ2n) is 5.07. The van der Waals surface area contributed by atoms with E-state index in [1.165, 1.54) is 18.3 Å². The SMILES string of the molecule is CCOc1ccc(-c2nc(NC(C)=O)sc2-c2ccncc2)cc1. The summed E-state index contributed by atoms with van der Waals surface area (Å²) in [6, 6.07) is 11.7. The van der Waals surface area contributed by atoms with Crippen molar-refractivity contribution in [2.45, 2.75) is 13.8 Å². The molecule has 0 saturated carbocycles. The fourth-order valence-electron chi connectivity index (χ4n) is 2.29. The second-order valence-corrected chi connectivity index (χ2v) is 6.07. The largest absolute Gasteiger partial charge is 0.494 e. The van der Waals surface area contributed by atoms with E-state index in [9.17, 15) is 4.79 Å². The van der Waals surface area contributed by atoms with Crippen molar-refractivity contribution < 1.29 is 9.53 Å². The molecule has 2 heterocycles. The number of ether oxygens (including phenoxy) is 1. The van der Waals surface area contributed by atoms with Crippen LogP contribution < -0.4 is 10.1 Å². The minimum absolute atomic E-state index is 0.136. The molecule has 122 valence electrons. The van der Waals surface area contributed by atoms with Gasteiger partial charge in [0.25, 0.3) is 0 Å². The van der Waals surface area contributed by atoms with Crippen LogP contribution in [0.15, 0.2) is 48.8 Å². The third-order valence-electron chi connectivity index (χ3n) is 3.29. The molecule has 0 saturated heterocycles. The van der Waals surface area contributed by atoms with E-state index in [2.05, 4.69) is 15.3 Å². The average molecular weight is 339 g/mol. The normalized spacial score (nSPS) is 10.4. The third kappa shape index (κ3) is 3.60. The van der Waals surface area contributed by atoms with Gasteiger partial charge >= 0.3 is 0 Å². The van der Waals surface area contributed by atoms with Gasteiger partial charge in [-0.05, 0) is 48.9 Å². The smallest absolute Gasteiger partial charge is 0.223 e. The van der Waals surface area contributed by atoms with Crippen molar-refractivity contribution in [3.8, 4) is 27.4 Å². The molecule has 0 bridgehead atoms. The molecule has 0 unspecified atom stereocenters. The second kappa shape index (κ2) is 7.23. The molecule has 6 heteroatoms. The predicted molar refractivity (Wildman–Crippen MR) is 96.3 cm³/mol. The molecular formula is C18H17N3O2S. The highest BCUT2D eigenvalue weighted by molar-refractivity contribution is 7.19. The first kappa shape index (κ1) is 16.1. The van der Waals surface area contributed by atoms with Gasteiger partial charge in [0, 0.05) is 24.9 Å². The average Bonchev–Trinajstić information content (AvgIpc) is 3.00. The summed E-state index contributed by atoms with van der Waals surface area (Å²) in [5, 5.41) is 3.35. The summed E-state index contributed by atoms with van der Waals surface area (Å²) in [5.74, 6) is 0.687. The van der Waals surface area contributed by atoms with Gasteiger partial charge in [-0.15, -0.1) is 0 Å². The van der Waals surface area contributed by atoms with Gasteiger partial charge in [-0.3, -0.25) is 9.78 Å². The van der Waals surface area contributed by atoms with E-state index in [0.29, 0.717) is 11.7 Å². The zero-order valence-corrected chi connectivity index (χ0v) is 14.3. The van der Waals surface area contributed by atoms with E-state index < -0.39 is 0 Å². The lowest BCUT2D eigenvalue weighted by Crippen LogP contribution is -2.04. The zero-order valence-electron chi connectivity index (χ0n) is 13.4. The third-order valence-corrected chi connectivity index (χ3v) is 4.31. The Morgan fingerprint density at radius 3 is 2.46 bits per heavy atom. The first-order valence-electron chi connectivity index (χ1n) is 7.59. The number of nitrogens with one attached hydrogen (secondary N) is 1. The predicted octanol–water partition coefficient (Wildman–Crippen LogP) is 4.23. The van der Waals surface area contributed by atoms with Crippen molar-refractivity contribution in [1.82, 2.24) is 9.97 Å². The number of rotatable bonds is 5. The molecule has 1 N–H and O–H groups in total. The maximum atomic E-state index is 11.4. The molecule has 0 fully saturated rings. The van der Waals surface area contributed by atoms with Gasteiger partial charge in [0.15, 0.2) is 5.13 Å². The lowest BCUT2D eigenvalue weighted by atomic mass is 10.1. The number of hydrogen-bond donors (Lipinski definition) is 1. The first-order chi connectivity index (χ1) is 11.7.